The fraction of sp³-hybridized carbons (Fsp3) is 0.615. The monoisotopic (exact) mass is 283 g/mol. The molecule has 1 aliphatic heterocycles. The van der Waals surface area contributed by atoms with Crippen molar-refractivity contribution in [2.45, 2.75) is 51.6 Å². The van der Waals surface area contributed by atoms with Crippen molar-refractivity contribution in [1.29, 1.82) is 0 Å². The number of rotatable bonds is 4. The summed E-state index contributed by atoms with van der Waals surface area (Å²) in [7, 11) is 0. The summed E-state index contributed by atoms with van der Waals surface area (Å²) in [5, 5.41) is 0. The van der Waals surface area contributed by atoms with Gasteiger partial charge < -0.3 is 4.74 Å². The highest BCUT2D eigenvalue weighted by Gasteiger charge is 2.20. The van der Waals surface area contributed by atoms with Gasteiger partial charge in [0.05, 0.1) is 11.8 Å². The lowest BCUT2D eigenvalue weighted by molar-refractivity contribution is 0.158. The van der Waals surface area contributed by atoms with Gasteiger partial charge in [0.1, 0.15) is 5.75 Å². The predicted molar refractivity (Wildman–Crippen MR) is 68.8 cm³/mol. The first-order chi connectivity index (χ1) is 7.79. The zero-order valence-electron chi connectivity index (χ0n) is 9.71. The fourth-order valence-electron chi connectivity index (χ4n) is 2.10. The standard InChI is InChI=1S/C13H18BrNO/c1-2-3-4-5-11-6-7-12-13(16-11)8-10(14)9-15-12/h8-9,11H,2-7H2,1H3. The average Bonchev–Trinajstić information content (AvgIpc) is 2.29. The molecule has 0 aromatic carbocycles. The maximum atomic E-state index is 5.97. The Labute approximate surface area is 106 Å². The summed E-state index contributed by atoms with van der Waals surface area (Å²) in [5.41, 5.74) is 1.11. The Bertz CT molecular complexity index is 354. The van der Waals surface area contributed by atoms with Crippen molar-refractivity contribution in [3.63, 3.8) is 0 Å². The van der Waals surface area contributed by atoms with Gasteiger partial charge in [-0.05, 0) is 47.7 Å². The molecule has 0 fully saturated rings. The smallest absolute Gasteiger partial charge is 0.142 e. The Hall–Kier alpha value is -0.570. The Kier molecular flexibility index (Phi) is 4.22. The van der Waals surface area contributed by atoms with Crippen molar-refractivity contribution >= 4 is 15.9 Å². The second-order valence-corrected chi connectivity index (χ2v) is 5.29. The van der Waals surface area contributed by atoms with Gasteiger partial charge in [-0.25, -0.2) is 0 Å². The van der Waals surface area contributed by atoms with E-state index in [0.717, 1.165) is 28.8 Å². The topological polar surface area (TPSA) is 22.1 Å². The van der Waals surface area contributed by atoms with Crippen LogP contribution in [0.4, 0.5) is 0 Å². The van der Waals surface area contributed by atoms with Gasteiger partial charge in [-0.2, -0.15) is 0 Å². The second-order valence-electron chi connectivity index (χ2n) is 4.37. The van der Waals surface area contributed by atoms with Crippen LogP contribution in [0.1, 0.15) is 44.7 Å². The summed E-state index contributed by atoms with van der Waals surface area (Å²) in [5.74, 6) is 0.974. The van der Waals surface area contributed by atoms with Crippen molar-refractivity contribution in [3.05, 3.63) is 22.4 Å². The van der Waals surface area contributed by atoms with Gasteiger partial charge in [-0.15, -0.1) is 0 Å². The number of nitrogens with zero attached hydrogens (tertiary/aromatic N) is 1. The molecule has 88 valence electrons. The molecule has 2 heterocycles. The summed E-state index contributed by atoms with van der Waals surface area (Å²) in [4.78, 5) is 4.38. The number of aryl methyl sites for hydroxylation is 1. The minimum Gasteiger partial charge on any atom is -0.488 e. The number of hydrogen-bond acceptors (Lipinski definition) is 2. The highest BCUT2D eigenvalue weighted by atomic mass is 79.9. The molecule has 3 heteroatoms. The molecule has 0 bridgehead atoms. The molecule has 0 amide bonds. The van der Waals surface area contributed by atoms with E-state index in [1.165, 1.54) is 25.7 Å². The Morgan fingerprint density at radius 2 is 2.38 bits per heavy atom. The van der Waals surface area contributed by atoms with Crippen molar-refractivity contribution in [1.82, 2.24) is 4.98 Å². The van der Waals surface area contributed by atoms with Gasteiger partial charge in [0, 0.05) is 10.7 Å². The maximum Gasteiger partial charge on any atom is 0.142 e. The van der Waals surface area contributed by atoms with Crippen LogP contribution in [0.3, 0.4) is 0 Å². The summed E-state index contributed by atoms with van der Waals surface area (Å²) in [6.45, 7) is 2.23. The highest BCUT2D eigenvalue weighted by molar-refractivity contribution is 9.10. The van der Waals surface area contributed by atoms with Crippen LogP contribution < -0.4 is 4.74 Å². The molecular formula is C13H18BrNO. The molecule has 1 aliphatic rings. The number of unbranched alkanes of at least 4 members (excludes halogenated alkanes) is 2. The normalized spacial score (nSPS) is 19.0. The average molecular weight is 284 g/mol. The first-order valence-electron chi connectivity index (χ1n) is 6.10. The number of hydrogen-bond donors (Lipinski definition) is 0. The maximum absolute atomic E-state index is 5.97. The summed E-state index contributed by atoms with van der Waals surface area (Å²) >= 11 is 3.43. The molecule has 0 saturated carbocycles. The van der Waals surface area contributed by atoms with E-state index >= 15 is 0 Å². The second kappa shape index (κ2) is 5.67. The molecule has 0 radical (unpaired) electrons. The molecule has 0 aliphatic carbocycles. The van der Waals surface area contributed by atoms with Crippen LogP contribution in [0.25, 0.3) is 0 Å². The van der Waals surface area contributed by atoms with E-state index in [1.807, 2.05) is 12.3 Å². The zero-order valence-corrected chi connectivity index (χ0v) is 11.3. The molecule has 2 nitrogen and oxygen atoms in total. The quantitative estimate of drug-likeness (QED) is 0.776. The lowest BCUT2D eigenvalue weighted by Gasteiger charge is -2.25. The third-order valence-corrected chi connectivity index (χ3v) is 3.46. The molecule has 1 aromatic rings. The van der Waals surface area contributed by atoms with Gasteiger partial charge in [0.25, 0.3) is 0 Å². The van der Waals surface area contributed by atoms with Crippen molar-refractivity contribution in [2.75, 3.05) is 0 Å². The van der Waals surface area contributed by atoms with E-state index in [-0.39, 0.29) is 0 Å². The van der Waals surface area contributed by atoms with Crippen molar-refractivity contribution in [3.8, 4) is 5.75 Å². The first kappa shape index (κ1) is 11.9. The number of pyridine rings is 1. The number of ether oxygens (including phenoxy) is 1. The van der Waals surface area contributed by atoms with Crippen LogP contribution in [0.5, 0.6) is 5.75 Å². The minimum atomic E-state index is 0.398. The Morgan fingerprint density at radius 1 is 1.50 bits per heavy atom. The van der Waals surface area contributed by atoms with Crippen LogP contribution in [0.15, 0.2) is 16.7 Å². The number of halogens is 1. The van der Waals surface area contributed by atoms with E-state index in [0.29, 0.717) is 6.10 Å². The summed E-state index contributed by atoms with van der Waals surface area (Å²) in [6.07, 6.45) is 9.46. The van der Waals surface area contributed by atoms with Crippen molar-refractivity contribution in [2.24, 2.45) is 0 Å². The van der Waals surface area contributed by atoms with Gasteiger partial charge in [-0.3, -0.25) is 4.98 Å². The van der Waals surface area contributed by atoms with Crippen LogP contribution >= 0.6 is 15.9 Å². The SMILES string of the molecule is CCCCCC1CCc2ncc(Br)cc2O1. The Balaban J connectivity index is 1.94. The van der Waals surface area contributed by atoms with E-state index in [9.17, 15) is 0 Å². The van der Waals surface area contributed by atoms with E-state index in [4.69, 9.17) is 4.74 Å². The largest absolute Gasteiger partial charge is 0.488 e. The number of fused-ring (bicyclic) bond motifs is 1. The van der Waals surface area contributed by atoms with Gasteiger partial charge >= 0.3 is 0 Å². The predicted octanol–water partition coefficient (Wildman–Crippen LogP) is 4.12. The molecule has 0 spiro atoms. The molecule has 0 N–H and O–H groups in total. The van der Waals surface area contributed by atoms with Crippen LogP contribution in [0.2, 0.25) is 0 Å². The third-order valence-electron chi connectivity index (χ3n) is 3.02. The first-order valence-corrected chi connectivity index (χ1v) is 6.90. The Morgan fingerprint density at radius 3 is 3.19 bits per heavy atom. The highest BCUT2D eigenvalue weighted by Crippen LogP contribution is 2.30. The third kappa shape index (κ3) is 2.97. The molecule has 1 atom stereocenters. The molecule has 1 unspecified atom stereocenters. The molecule has 1 aromatic heterocycles. The van der Waals surface area contributed by atoms with E-state index < -0.39 is 0 Å². The molecule has 16 heavy (non-hydrogen) atoms. The van der Waals surface area contributed by atoms with Crippen LogP contribution in [-0.2, 0) is 6.42 Å². The van der Waals surface area contributed by atoms with E-state index in [2.05, 4.69) is 27.8 Å². The zero-order chi connectivity index (χ0) is 11.4. The molecule has 0 saturated heterocycles. The van der Waals surface area contributed by atoms with E-state index in [1.54, 1.807) is 0 Å². The lowest BCUT2D eigenvalue weighted by atomic mass is 10.0. The molecular weight excluding hydrogens is 266 g/mol. The van der Waals surface area contributed by atoms with Crippen LogP contribution in [0, 0.1) is 0 Å². The minimum absolute atomic E-state index is 0.398. The molecule has 2 rings (SSSR count). The number of aromatic nitrogens is 1. The van der Waals surface area contributed by atoms with Crippen LogP contribution in [-0.4, -0.2) is 11.1 Å². The summed E-state index contributed by atoms with van der Waals surface area (Å²) in [6, 6.07) is 2.04. The lowest BCUT2D eigenvalue weighted by Crippen LogP contribution is -2.23. The summed E-state index contributed by atoms with van der Waals surface area (Å²) < 4.78 is 6.97. The van der Waals surface area contributed by atoms with Gasteiger partial charge in [0.15, 0.2) is 0 Å². The van der Waals surface area contributed by atoms with Crippen molar-refractivity contribution < 1.29 is 4.74 Å². The van der Waals surface area contributed by atoms with Gasteiger partial charge in [0.2, 0.25) is 0 Å². The fourth-order valence-corrected chi connectivity index (χ4v) is 2.41. The van der Waals surface area contributed by atoms with Gasteiger partial charge in [-0.1, -0.05) is 19.8 Å².